The van der Waals surface area contributed by atoms with Crippen molar-refractivity contribution in [3.8, 4) is 0 Å². The third-order valence-electron chi connectivity index (χ3n) is 2.19. The fraction of sp³-hybridized carbons (Fsp3) is 0.364. The first-order valence-electron chi connectivity index (χ1n) is 4.79. The highest BCUT2D eigenvalue weighted by atomic mass is 32.2. The second-order valence-corrected chi connectivity index (χ2v) is 4.14. The summed E-state index contributed by atoms with van der Waals surface area (Å²) < 4.78 is 26.9. The first-order chi connectivity index (χ1) is 7.56. The second-order valence-electron chi connectivity index (χ2n) is 3.29. The highest BCUT2D eigenvalue weighted by Crippen LogP contribution is 2.25. The molecule has 0 unspecified atom stereocenters. The Morgan fingerprint density at radius 3 is 2.69 bits per heavy atom. The van der Waals surface area contributed by atoms with Gasteiger partial charge in [-0.2, -0.15) is 0 Å². The lowest BCUT2D eigenvalue weighted by Crippen LogP contribution is -2.01. The smallest absolute Gasteiger partial charge is 0.303 e. The van der Waals surface area contributed by atoms with Gasteiger partial charge in [-0.25, -0.2) is 8.78 Å². The number of carboxylic acids is 1. The molecule has 5 heteroatoms. The van der Waals surface area contributed by atoms with Gasteiger partial charge in [-0.1, -0.05) is 0 Å². The van der Waals surface area contributed by atoms with E-state index >= 15 is 0 Å². The average molecular weight is 246 g/mol. The van der Waals surface area contributed by atoms with Gasteiger partial charge in [0.05, 0.1) is 0 Å². The standard InChI is InChI=1S/C11H12F2O2S/c1-16-9-6-5-8(12)7(11(9)13)3-2-4-10(14)15/h5-6H,2-4H2,1H3,(H,14,15). The Balaban J connectivity index is 2.81. The van der Waals surface area contributed by atoms with Gasteiger partial charge in [0.15, 0.2) is 0 Å². The fourth-order valence-electron chi connectivity index (χ4n) is 1.38. The van der Waals surface area contributed by atoms with E-state index in [-0.39, 0.29) is 24.8 Å². The summed E-state index contributed by atoms with van der Waals surface area (Å²) in [6.07, 6.45) is 1.97. The minimum Gasteiger partial charge on any atom is -0.481 e. The van der Waals surface area contributed by atoms with Gasteiger partial charge in [0.25, 0.3) is 0 Å². The average Bonchev–Trinajstić information content (AvgIpc) is 2.23. The van der Waals surface area contributed by atoms with Crippen molar-refractivity contribution in [1.82, 2.24) is 0 Å². The molecule has 0 aliphatic rings. The van der Waals surface area contributed by atoms with Crippen LogP contribution in [0.15, 0.2) is 17.0 Å². The number of aliphatic carboxylic acids is 1. The topological polar surface area (TPSA) is 37.3 Å². The van der Waals surface area contributed by atoms with E-state index in [1.54, 1.807) is 6.26 Å². The van der Waals surface area contributed by atoms with Gasteiger partial charge in [-0.05, 0) is 31.2 Å². The van der Waals surface area contributed by atoms with E-state index in [4.69, 9.17) is 5.11 Å². The molecule has 16 heavy (non-hydrogen) atoms. The van der Waals surface area contributed by atoms with Crippen LogP contribution in [0.5, 0.6) is 0 Å². The van der Waals surface area contributed by atoms with E-state index in [2.05, 4.69) is 0 Å². The van der Waals surface area contributed by atoms with Crippen molar-refractivity contribution in [2.24, 2.45) is 0 Å². The molecule has 0 radical (unpaired) electrons. The maximum absolute atomic E-state index is 13.6. The highest BCUT2D eigenvalue weighted by Gasteiger charge is 2.13. The minimum atomic E-state index is -0.957. The van der Waals surface area contributed by atoms with Crippen molar-refractivity contribution in [2.75, 3.05) is 6.26 Å². The summed E-state index contributed by atoms with van der Waals surface area (Å²) in [5.41, 5.74) is -0.0203. The lowest BCUT2D eigenvalue weighted by molar-refractivity contribution is -0.137. The van der Waals surface area contributed by atoms with Gasteiger partial charge >= 0.3 is 5.97 Å². The molecule has 0 spiro atoms. The van der Waals surface area contributed by atoms with Crippen LogP contribution in [-0.4, -0.2) is 17.3 Å². The number of rotatable bonds is 5. The van der Waals surface area contributed by atoms with Crippen LogP contribution in [0.3, 0.4) is 0 Å². The zero-order valence-electron chi connectivity index (χ0n) is 8.80. The molecule has 0 bridgehead atoms. The molecule has 1 aromatic rings. The summed E-state index contributed by atoms with van der Waals surface area (Å²) in [5, 5.41) is 8.44. The first-order valence-corrected chi connectivity index (χ1v) is 6.01. The van der Waals surface area contributed by atoms with Crippen LogP contribution in [0.25, 0.3) is 0 Å². The molecule has 0 aromatic heterocycles. The number of carboxylic acid groups (broad SMARTS) is 1. The van der Waals surface area contributed by atoms with Crippen LogP contribution in [-0.2, 0) is 11.2 Å². The van der Waals surface area contributed by atoms with E-state index in [1.807, 2.05) is 0 Å². The molecule has 88 valence electrons. The fourth-order valence-corrected chi connectivity index (χ4v) is 1.89. The molecule has 0 saturated carbocycles. The maximum atomic E-state index is 13.6. The predicted molar refractivity (Wildman–Crippen MR) is 58.7 cm³/mol. The van der Waals surface area contributed by atoms with Gasteiger partial charge in [0, 0.05) is 16.9 Å². The summed E-state index contributed by atoms with van der Waals surface area (Å²) in [6, 6.07) is 2.60. The van der Waals surface area contributed by atoms with E-state index in [0.717, 1.165) is 0 Å². The Morgan fingerprint density at radius 1 is 1.44 bits per heavy atom. The van der Waals surface area contributed by atoms with Gasteiger partial charge in [-0.3, -0.25) is 4.79 Å². The van der Waals surface area contributed by atoms with Crippen LogP contribution in [0, 0.1) is 11.6 Å². The first kappa shape index (κ1) is 13.0. The molecule has 2 nitrogen and oxygen atoms in total. The largest absolute Gasteiger partial charge is 0.481 e. The summed E-state index contributed by atoms with van der Waals surface area (Å²) in [4.78, 5) is 10.7. The molecular weight excluding hydrogens is 234 g/mol. The Bertz CT molecular complexity index is 394. The van der Waals surface area contributed by atoms with Crippen LogP contribution >= 0.6 is 11.8 Å². The van der Waals surface area contributed by atoms with Crippen molar-refractivity contribution in [3.05, 3.63) is 29.3 Å². The summed E-state index contributed by atoms with van der Waals surface area (Å²) in [7, 11) is 0. The summed E-state index contributed by atoms with van der Waals surface area (Å²) in [6.45, 7) is 0. The zero-order chi connectivity index (χ0) is 12.1. The lowest BCUT2D eigenvalue weighted by Gasteiger charge is -2.07. The molecule has 1 aromatic carbocycles. The van der Waals surface area contributed by atoms with Crippen molar-refractivity contribution in [3.63, 3.8) is 0 Å². The summed E-state index contributed by atoms with van der Waals surface area (Å²) >= 11 is 1.20. The molecule has 0 aliphatic heterocycles. The SMILES string of the molecule is CSc1ccc(F)c(CCCC(=O)O)c1F. The Morgan fingerprint density at radius 2 is 2.12 bits per heavy atom. The number of thioether (sulfide) groups is 1. The molecule has 0 amide bonds. The normalized spacial score (nSPS) is 10.4. The monoisotopic (exact) mass is 246 g/mol. The van der Waals surface area contributed by atoms with Gasteiger partial charge < -0.3 is 5.11 Å². The van der Waals surface area contributed by atoms with E-state index in [9.17, 15) is 13.6 Å². The van der Waals surface area contributed by atoms with Crippen LogP contribution < -0.4 is 0 Å². The predicted octanol–water partition coefficient (Wildman–Crippen LogP) is 3.09. The second kappa shape index (κ2) is 5.84. The molecule has 0 aliphatic carbocycles. The lowest BCUT2D eigenvalue weighted by atomic mass is 10.1. The van der Waals surface area contributed by atoms with Crippen LogP contribution in [0.2, 0.25) is 0 Å². The molecule has 0 atom stereocenters. The molecule has 0 fully saturated rings. The zero-order valence-corrected chi connectivity index (χ0v) is 9.61. The Hall–Kier alpha value is -1.10. The molecule has 0 saturated heterocycles. The Kier molecular flexibility index (Phi) is 4.73. The minimum absolute atomic E-state index is 0.0203. The number of carbonyl (C=O) groups is 1. The number of benzene rings is 1. The van der Waals surface area contributed by atoms with Crippen LogP contribution in [0.4, 0.5) is 8.78 Å². The highest BCUT2D eigenvalue weighted by molar-refractivity contribution is 7.98. The number of halogens is 2. The Labute approximate surface area is 96.7 Å². The van der Waals surface area contributed by atoms with Gasteiger partial charge in [-0.15, -0.1) is 11.8 Å². The van der Waals surface area contributed by atoms with Gasteiger partial charge in [0.1, 0.15) is 11.6 Å². The van der Waals surface area contributed by atoms with Crippen molar-refractivity contribution in [1.29, 1.82) is 0 Å². The number of hydrogen-bond donors (Lipinski definition) is 1. The van der Waals surface area contributed by atoms with Crippen LogP contribution in [0.1, 0.15) is 18.4 Å². The van der Waals surface area contributed by atoms with Gasteiger partial charge in [0.2, 0.25) is 0 Å². The van der Waals surface area contributed by atoms with Crippen molar-refractivity contribution >= 4 is 17.7 Å². The van der Waals surface area contributed by atoms with E-state index < -0.39 is 17.6 Å². The molecule has 0 heterocycles. The maximum Gasteiger partial charge on any atom is 0.303 e. The van der Waals surface area contributed by atoms with E-state index in [0.29, 0.717) is 4.90 Å². The third-order valence-corrected chi connectivity index (χ3v) is 2.94. The molecular formula is C11H12F2O2S. The third kappa shape index (κ3) is 3.20. The van der Waals surface area contributed by atoms with Crippen molar-refractivity contribution < 1.29 is 18.7 Å². The van der Waals surface area contributed by atoms with Crippen molar-refractivity contribution in [2.45, 2.75) is 24.2 Å². The quantitative estimate of drug-likeness (QED) is 0.811. The molecule has 1 rings (SSSR count). The molecule has 1 N–H and O–H groups in total. The van der Waals surface area contributed by atoms with E-state index in [1.165, 1.54) is 23.9 Å². The summed E-state index contributed by atoms with van der Waals surface area (Å²) in [5.74, 6) is -2.14. The number of hydrogen-bond acceptors (Lipinski definition) is 2.